The van der Waals surface area contributed by atoms with Gasteiger partial charge in [-0.05, 0) is 61.8 Å². The van der Waals surface area contributed by atoms with Crippen molar-refractivity contribution < 1.29 is 22.4 Å². The standard InChI is InChI=1S/C28H36ClF3N4O2Si/c1-17(2)35-25-13-21(22(29)15-34-25)19-12-23(33-14-19)26(37)36-24(16-38-39(6,7)27(3,4)5)18-9-8-10-20(11-18)28(30,31)32/h8-15,17,24,33H,16H2,1-7H3,(H,34,35)(H,36,37). The van der Waals surface area contributed by atoms with Crippen LogP contribution in [0.2, 0.25) is 23.2 Å². The Morgan fingerprint density at radius 1 is 1.15 bits per heavy atom. The maximum absolute atomic E-state index is 13.4. The summed E-state index contributed by atoms with van der Waals surface area (Å²) in [6.45, 7) is 14.3. The van der Waals surface area contributed by atoms with Gasteiger partial charge in [-0.2, -0.15) is 13.2 Å². The van der Waals surface area contributed by atoms with E-state index >= 15 is 0 Å². The maximum atomic E-state index is 13.4. The first-order valence-electron chi connectivity index (χ1n) is 12.7. The highest BCUT2D eigenvalue weighted by molar-refractivity contribution is 6.74. The van der Waals surface area contributed by atoms with Crippen molar-refractivity contribution in [2.24, 2.45) is 0 Å². The first-order chi connectivity index (χ1) is 18.0. The molecule has 2 heterocycles. The number of carbonyl (C=O) groups excluding carboxylic acids is 1. The Kier molecular flexibility index (Phi) is 9.24. The molecule has 6 nitrogen and oxygen atoms in total. The molecule has 0 aliphatic heterocycles. The molecule has 0 fully saturated rings. The molecule has 1 atom stereocenters. The highest BCUT2D eigenvalue weighted by Crippen LogP contribution is 2.38. The maximum Gasteiger partial charge on any atom is 0.416 e. The molecule has 0 radical (unpaired) electrons. The topological polar surface area (TPSA) is 79.0 Å². The highest BCUT2D eigenvalue weighted by Gasteiger charge is 2.38. The molecule has 212 valence electrons. The fraction of sp³-hybridized carbons (Fsp3) is 0.429. The fourth-order valence-corrected chi connectivity index (χ4v) is 4.84. The van der Waals surface area contributed by atoms with Crippen molar-refractivity contribution in [2.45, 2.75) is 71.0 Å². The molecular weight excluding hydrogens is 545 g/mol. The molecule has 1 unspecified atom stereocenters. The van der Waals surface area contributed by atoms with E-state index in [0.717, 1.165) is 12.1 Å². The quantitative estimate of drug-likeness (QED) is 0.224. The van der Waals surface area contributed by atoms with Gasteiger partial charge < -0.3 is 20.0 Å². The number of carbonyl (C=O) groups is 1. The van der Waals surface area contributed by atoms with Crippen molar-refractivity contribution in [1.82, 2.24) is 15.3 Å². The van der Waals surface area contributed by atoms with Crippen LogP contribution in [-0.2, 0) is 10.6 Å². The summed E-state index contributed by atoms with van der Waals surface area (Å²) in [7, 11) is -2.25. The van der Waals surface area contributed by atoms with Crippen molar-refractivity contribution in [1.29, 1.82) is 0 Å². The van der Waals surface area contributed by atoms with E-state index in [4.69, 9.17) is 16.0 Å². The lowest BCUT2D eigenvalue weighted by atomic mass is 10.0. The number of aromatic nitrogens is 2. The van der Waals surface area contributed by atoms with Crippen LogP contribution in [0.4, 0.5) is 19.0 Å². The molecule has 0 aliphatic rings. The van der Waals surface area contributed by atoms with Crippen LogP contribution in [0.25, 0.3) is 11.1 Å². The van der Waals surface area contributed by atoms with E-state index in [1.807, 2.05) is 13.8 Å². The molecule has 0 aliphatic carbocycles. The van der Waals surface area contributed by atoms with Crippen molar-refractivity contribution >= 4 is 31.6 Å². The van der Waals surface area contributed by atoms with E-state index in [0.29, 0.717) is 27.5 Å². The zero-order valence-corrected chi connectivity index (χ0v) is 25.0. The molecule has 0 spiro atoms. The lowest BCUT2D eigenvalue weighted by molar-refractivity contribution is -0.137. The SMILES string of the molecule is CC(C)Nc1cc(-c2c[nH]c(C(=O)NC(CO[Si](C)(C)C(C)(C)C)c3cccc(C(F)(F)F)c3)c2)c(Cl)cn1. The Morgan fingerprint density at radius 2 is 1.85 bits per heavy atom. The number of amides is 1. The monoisotopic (exact) mass is 580 g/mol. The Hall–Kier alpha value is -2.82. The minimum Gasteiger partial charge on any atom is -0.414 e. The number of hydrogen-bond donors (Lipinski definition) is 3. The van der Waals surface area contributed by atoms with Crippen LogP contribution in [0.15, 0.2) is 48.8 Å². The third-order valence-corrected chi connectivity index (χ3v) is 11.7. The summed E-state index contributed by atoms with van der Waals surface area (Å²) in [4.78, 5) is 20.5. The fourth-order valence-electron chi connectivity index (χ4n) is 3.61. The van der Waals surface area contributed by atoms with Gasteiger partial charge in [-0.1, -0.05) is 44.5 Å². The predicted molar refractivity (Wildman–Crippen MR) is 153 cm³/mol. The third-order valence-electron chi connectivity index (χ3n) is 6.87. The van der Waals surface area contributed by atoms with Gasteiger partial charge in [-0.3, -0.25) is 4.79 Å². The Morgan fingerprint density at radius 3 is 2.46 bits per heavy atom. The summed E-state index contributed by atoms with van der Waals surface area (Å²) >= 11 is 6.38. The Bertz CT molecular complexity index is 1300. The van der Waals surface area contributed by atoms with Crippen LogP contribution in [0.3, 0.4) is 0 Å². The van der Waals surface area contributed by atoms with Gasteiger partial charge in [0.05, 0.1) is 23.2 Å². The van der Waals surface area contributed by atoms with Gasteiger partial charge in [0.25, 0.3) is 5.91 Å². The minimum absolute atomic E-state index is 0.0392. The number of aromatic amines is 1. The summed E-state index contributed by atoms with van der Waals surface area (Å²) in [6.07, 6.45) is -1.32. The average Bonchev–Trinajstić information content (AvgIpc) is 3.31. The number of halogens is 4. The van der Waals surface area contributed by atoms with Crippen LogP contribution < -0.4 is 10.6 Å². The number of benzene rings is 1. The smallest absolute Gasteiger partial charge is 0.414 e. The van der Waals surface area contributed by atoms with Gasteiger partial charge >= 0.3 is 6.18 Å². The zero-order chi connectivity index (χ0) is 29.2. The predicted octanol–water partition coefficient (Wildman–Crippen LogP) is 8.06. The minimum atomic E-state index is -4.51. The largest absolute Gasteiger partial charge is 0.416 e. The van der Waals surface area contributed by atoms with Crippen molar-refractivity contribution in [3.63, 3.8) is 0 Å². The average molecular weight is 581 g/mol. The summed E-state index contributed by atoms with van der Waals surface area (Å²) < 4.78 is 46.7. The molecule has 3 N–H and O–H groups in total. The van der Waals surface area contributed by atoms with E-state index < -0.39 is 32.0 Å². The Labute approximate surface area is 233 Å². The first-order valence-corrected chi connectivity index (χ1v) is 16.0. The summed E-state index contributed by atoms with van der Waals surface area (Å²) in [5.74, 6) is 0.164. The second-order valence-electron chi connectivity index (χ2n) is 11.4. The van der Waals surface area contributed by atoms with E-state index in [2.05, 4.69) is 54.5 Å². The van der Waals surface area contributed by atoms with Gasteiger partial charge in [-0.15, -0.1) is 0 Å². The van der Waals surface area contributed by atoms with E-state index in [9.17, 15) is 18.0 Å². The van der Waals surface area contributed by atoms with E-state index in [-0.39, 0.29) is 23.4 Å². The van der Waals surface area contributed by atoms with Gasteiger partial charge in [0.15, 0.2) is 8.32 Å². The lowest BCUT2D eigenvalue weighted by Gasteiger charge is -2.37. The van der Waals surface area contributed by atoms with Crippen LogP contribution in [0.5, 0.6) is 0 Å². The van der Waals surface area contributed by atoms with Gasteiger partial charge in [0, 0.05) is 29.6 Å². The number of anilines is 1. The summed E-state index contributed by atoms with van der Waals surface area (Å²) in [6, 6.07) is 7.78. The molecule has 0 bridgehead atoms. The molecule has 11 heteroatoms. The third kappa shape index (κ3) is 7.86. The van der Waals surface area contributed by atoms with Crippen LogP contribution >= 0.6 is 11.6 Å². The molecule has 0 saturated carbocycles. The zero-order valence-electron chi connectivity index (χ0n) is 23.3. The first kappa shape index (κ1) is 30.7. The van der Waals surface area contributed by atoms with Crippen molar-refractivity contribution in [3.05, 3.63) is 70.6 Å². The second kappa shape index (κ2) is 11.7. The highest BCUT2D eigenvalue weighted by atomic mass is 35.5. The molecule has 1 amide bonds. The summed E-state index contributed by atoms with van der Waals surface area (Å²) in [5, 5.41) is 6.39. The van der Waals surface area contributed by atoms with E-state index in [1.165, 1.54) is 12.3 Å². The molecule has 3 rings (SSSR count). The van der Waals surface area contributed by atoms with Crippen LogP contribution in [0.1, 0.15) is 62.3 Å². The van der Waals surface area contributed by atoms with Crippen LogP contribution in [0, 0.1) is 0 Å². The number of nitrogens with one attached hydrogen (secondary N) is 3. The van der Waals surface area contributed by atoms with Crippen LogP contribution in [-0.4, -0.2) is 36.8 Å². The molecule has 2 aromatic heterocycles. The molecule has 3 aromatic rings. The van der Waals surface area contributed by atoms with E-state index in [1.54, 1.807) is 24.4 Å². The molecule has 39 heavy (non-hydrogen) atoms. The number of rotatable bonds is 9. The number of hydrogen-bond acceptors (Lipinski definition) is 4. The second-order valence-corrected chi connectivity index (χ2v) is 16.6. The van der Waals surface area contributed by atoms with Gasteiger partial charge in [0.1, 0.15) is 11.5 Å². The number of pyridine rings is 1. The molecular formula is C28H36ClF3N4O2Si. The molecule has 0 saturated heterocycles. The normalized spacial score (nSPS) is 13.4. The van der Waals surface area contributed by atoms with Gasteiger partial charge in [-0.25, -0.2) is 4.98 Å². The summed E-state index contributed by atoms with van der Waals surface area (Å²) in [5.41, 5.74) is 1.12. The molecule has 1 aromatic carbocycles. The number of alkyl halides is 3. The van der Waals surface area contributed by atoms with Crippen molar-refractivity contribution in [3.8, 4) is 11.1 Å². The number of nitrogens with zero attached hydrogens (tertiary/aromatic N) is 1. The van der Waals surface area contributed by atoms with Crippen molar-refractivity contribution in [2.75, 3.05) is 11.9 Å². The number of H-pyrrole nitrogens is 1. The van der Waals surface area contributed by atoms with Gasteiger partial charge in [0.2, 0.25) is 0 Å². The Balaban J connectivity index is 1.89. The lowest BCUT2D eigenvalue weighted by Crippen LogP contribution is -2.43.